The molecule has 2 aromatic heterocycles. The van der Waals surface area contributed by atoms with Crippen molar-refractivity contribution >= 4 is 16.9 Å². The quantitative estimate of drug-likeness (QED) is 0.504. The van der Waals surface area contributed by atoms with Crippen LogP contribution in [0.5, 0.6) is 0 Å². The molecule has 0 amide bonds. The number of aromatic nitrogens is 3. The van der Waals surface area contributed by atoms with Crippen LogP contribution in [0.2, 0.25) is 0 Å². The number of hydrogen-bond acceptors (Lipinski definition) is 3. The van der Waals surface area contributed by atoms with Crippen molar-refractivity contribution in [3.63, 3.8) is 0 Å². The predicted molar refractivity (Wildman–Crippen MR) is 107 cm³/mol. The van der Waals surface area contributed by atoms with Crippen LogP contribution in [-0.2, 0) is 6.54 Å². The molecule has 0 unspecified atom stereocenters. The molecular formula is C22H20F2N4. The summed E-state index contributed by atoms with van der Waals surface area (Å²) < 4.78 is 29.1. The summed E-state index contributed by atoms with van der Waals surface area (Å²) in [7, 11) is 1.98. The van der Waals surface area contributed by atoms with E-state index in [0.29, 0.717) is 17.9 Å². The van der Waals surface area contributed by atoms with Crippen LogP contribution in [0, 0.1) is 25.5 Å². The second kappa shape index (κ2) is 7.03. The standard InChI is InChI=1S/C22H20F2N4/c1-14-15(2)28(17-9-10-18(23)19(24)11-17)22-20(14)21(25-13-26-22)27(3)12-16-7-5-4-6-8-16/h4-11,13H,12H2,1-3H3. The van der Waals surface area contributed by atoms with Gasteiger partial charge >= 0.3 is 0 Å². The first-order valence-electron chi connectivity index (χ1n) is 9.00. The third-order valence-electron chi connectivity index (χ3n) is 5.06. The molecule has 2 aromatic carbocycles. The van der Waals surface area contributed by atoms with E-state index >= 15 is 0 Å². The number of nitrogens with zero attached hydrogens (tertiary/aromatic N) is 4. The van der Waals surface area contributed by atoms with Crippen LogP contribution < -0.4 is 4.90 Å². The summed E-state index contributed by atoms with van der Waals surface area (Å²) in [6.07, 6.45) is 1.51. The van der Waals surface area contributed by atoms with Gasteiger partial charge in [-0.05, 0) is 37.1 Å². The summed E-state index contributed by atoms with van der Waals surface area (Å²) >= 11 is 0. The fraction of sp³-hybridized carbons (Fsp3) is 0.182. The van der Waals surface area contributed by atoms with E-state index in [9.17, 15) is 8.78 Å². The second-order valence-electron chi connectivity index (χ2n) is 6.88. The molecule has 0 aliphatic carbocycles. The highest BCUT2D eigenvalue weighted by Crippen LogP contribution is 2.33. The number of benzene rings is 2. The summed E-state index contributed by atoms with van der Waals surface area (Å²) in [6.45, 7) is 4.64. The topological polar surface area (TPSA) is 34.0 Å². The lowest BCUT2D eigenvalue weighted by Gasteiger charge is -2.19. The Labute approximate surface area is 162 Å². The first-order valence-corrected chi connectivity index (χ1v) is 9.00. The number of fused-ring (bicyclic) bond motifs is 1. The van der Waals surface area contributed by atoms with Crippen molar-refractivity contribution in [2.24, 2.45) is 0 Å². The van der Waals surface area contributed by atoms with Gasteiger partial charge in [-0.1, -0.05) is 30.3 Å². The zero-order chi connectivity index (χ0) is 19.8. The molecule has 0 saturated heterocycles. The van der Waals surface area contributed by atoms with Gasteiger partial charge in [-0.25, -0.2) is 18.7 Å². The molecular weight excluding hydrogens is 358 g/mol. The van der Waals surface area contributed by atoms with E-state index in [4.69, 9.17) is 0 Å². The van der Waals surface area contributed by atoms with Gasteiger partial charge in [0.25, 0.3) is 0 Å². The number of aryl methyl sites for hydroxylation is 1. The molecule has 0 aliphatic heterocycles. The average Bonchev–Trinajstić information content (AvgIpc) is 2.95. The first-order chi connectivity index (χ1) is 13.5. The summed E-state index contributed by atoms with van der Waals surface area (Å²) in [5, 5.41) is 0.906. The lowest BCUT2D eigenvalue weighted by molar-refractivity contribution is 0.508. The zero-order valence-corrected chi connectivity index (χ0v) is 15.9. The average molecular weight is 378 g/mol. The van der Waals surface area contributed by atoms with Crippen molar-refractivity contribution in [1.29, 1.82) is 0 Å². The van der Waals surface area contributed by atoms with E-state index in [1.54, 1.807) is 6.07 Å². The maximum Gasteiger partial charge on any atom is 0.160 e. The smallest absolute Gasteiger partial charge is 0.160 e. The summed E-state index contributed by atoms with van der Waals surface area (Å²) in [5.41, 5.74) is 4.30. The SMILES string of the molecule is Cc1c(C)n(-c2ccc(F)c(F)c2)c2ncnc(N(C)Cc3ccccc3)c12. The van der Waals surface area contributed by atoms with Crippen molar-refractivity contribution < 1.29 is 8.78 Å². The van der Waals surface area contributed by atoms with E-state index in [-0.39, 0.29) is 0 Å². The van der Waals surface area contributed by atoms with E-state index in [1.807, 2.05) is 43.7 Å². The zero-order valence-electron chi connectivity index (χ0n) is 15.9. The van der Waals surface area contributed by atoms with Gasteiger partial charge in [0.1, 0.15) is 12.1 Å². The Morgan fingerprint density at radius 3 is 2.43 bits per heavy atom. The van der Waals surface area contributed by atoms with E-state index in [2.05, 4.69) is 27.0 Å². The summed E-state index contributed by atoms with van der Waals surface area (Å²) in [4.78, 5) is 11.0. The molecule has 28 heavy (non-hydrogen) atoms. The molecule has 4 rings (SSSR count). The second-order valence-corrected chi connectivity index (χ2v) is 6.88. The van der Waals surface area contributed by atoms with Gasteiger partial charge in [-0.2, -0.15) is 0 Å². The Morgan fingerprint density at radius 1 is 0.964 bits per heavy atom. The number of anilines is 1. The van der Waals surface area contributed by atoms with Crippen molar-refractivity contribution in [2.75, 3.05) is 11.9 Å². The molecule has 0 bridgehead atoms. The Hall–Kier alpha value is -3.28. The first kappa shape index (κ1) is 18.1. The molecule has 0 atom stereocenters. The Balaban J connectivity index is 1.86. The molecule has 0 radical (unpaired) electrons. The van der Waals surface area contributed by atoms with Crippen molar-refractivity contribution in [3.05, 3.63) is 83.3 Å². The van der Waals surface area contributed by atoms with Gasteiger partial charge in [-0.3, -0.25) is 4.57 Å². The van der Waals surface area contributed by atoms with Crippen LogP contribution in [0.3, 0.4) is 0 Å². The molecule has 0 saturated carbocycles. The number of hydrogen-bond donors (Lipinski definition) is 0. The molecule has 4 aromatic rings. The van der Waals surface area contributed by atoms with Crippen LogP contribution in [0.1, 0.15) is 16.8 Å². The molecule has 0 fully saturated rings. The third-order valence-corrected chi connectivity index (χ3v) is 5.06. The number of halogens is 2. The third kappa shape index (κ3) is 3.01. The fourth-order valence-corrected chi connectivity index (χ4v) is 3.54. The minimum absolute atomic E-state index is 0.532. The van der Waals surface area contributed by atoms with Gasteiger partial charge in [0.2, 0.25) is 0 Å². The maximum absolute atomic E-state index is 13.8. The van der Waals surface area contributed by atoms with Gasteiger partial charge in [0, 0.05) is 25.4 Å². The van der Waals surface area contributed by atoms with Gasteiger partial charge in [0.05, 0.1) is 11.1 Å². The largest absolute Gasteiger partial charge is 0.355 e. The van der Waals surface area contributed by atoms with E-state index in [1.165, 1.54) is 18.0 Å². The van der Waals surface area contributed by atoms with Crippen LogP contribution in [-0.4, -0.2) is 21.6 Å². The van der Waals surface area contributed by atoms with Crippen LogP contribution in [0.15, 0.2) is 54.9 Å². The molecule has 6 heteroatoms. The Morgan fingerprint density at radius 2 is 1.71 bits per heavy atom. The Bertz CT molecular complexity index is 1150. The lowest BCUT2D eigenvalue weighted by Crippen LogP contribution is -2.18. The lowest BCUT2D eigenvalue weighted by atomic mass is 10.2. The highest BCUT2D eigenvalue weighted by molar-refractivity contribution is 5.93. The van der Waals surface area contributed by atoms with Crippen LogP contribution >= 0.6 is 0 Å². The van der Waals surface area contributed by atoms with Gasteiger partial charge in [0.15, 0.2) is 17.3 Å². The summed E-state index contributed by atoms with van der Waals surface area (Å²) in [6, 6.07) is 14.0. The van der Waals surface area contributed by atoms with Crippen molar-refractivity contribution in [1.82, 2.24) is 14.5 Å². The Kier molecular flexibility index (Phi) is 4.55. The fourth-order valence-electron chi connectivity index (χ4n) is 3.54. The highest BCUT2D eigenvalue weighted by atomic mass is 19.2. The van der Waals surface area contributed by atoms with Gasteiger partial charge < -0.3 is 4.90 Å². The van der Waals surface area contributed by atoms with Crippen molar-refractivity contribution in [3.8, 4) is 5.69 Å². The van der Waals surface area contributed by atoms with Crippen LogP contribution in [0.25, 0.3) is 16.7 Å². The molecule has 4 nitrogen and oxygen atoms in total. The monoisotopic (exact) mass is 378 g/mol. The van der Waals surface area contributed by atoms with E-state index < -0.39 is 11.6 Å². The maximum atomic E-state index is 13.8. The van der Waals surface area contributed by atoms with E-state index in [0.717, 1.165) is 28.5 Å². The molecule has 142 valence electrons. The molecule has 2 heterocycles. The number of rotatable bonds is 4. The molecule has 0 aliphatic rings. The normalized spacial score (nSPS) is 11.2. The van der Waals surface area contributed by atoms with Gasteiger partial charge in [-0.15, -0.1) is 0 Å². The minimum atomic E-state index is -0.883. The highest BCUT2D eigenvalue weighted by Gasteiger charge is 2.20. The minimum Gasteiger partial charge on any atom is -0.355 e. The molecule has 0 spiro atoms. The summed E-state index contributed by atoms with van der Waals surface area (Å²) in [5.74, 6) is -0.949. The van der Waals surface area contributed by atoms with Crippen molar-refractivity contribution in [2.45, 2.75) is 20.4 Å². The predicted octanol–water partition coefficient (Wildman–Crippen LogP) is 4.95. The molecule has 0 N–H and O–H groups in total. The van der Waals surface area contributed by atoms with Crippen LogP contribution in [0.4, 0.5) is 14.6 Å².